The molecule has 20 heavy (non-hydrogen) atoms. The maximum Gasteiger partial charge on any atom is 0.257 e. The van der Waals surface area contributed by atoms with Crippen LogP contribution in [0.25, 0.3) is 0 Å². The van der Waals surface area contributed by atoms with Crippen molar-refractivity contribution in [2.75, 3.05) is 0 Å². The van der Waals surface area contributed by atoms with Crippen LogP contribution < -0.4 is 10.3 Å². The summed E-state index contributed by atoms with van der Waals surface area (Å²) >= 11 is 5.76. The van der Waals surface area contributed by atoms with E-state index in [0.29, 0.717) is 5.02 Å². The Hall–Kier alpha value is -1.11. The lowest BCUT2D eigenvalue weighted by atomic mass is 9.89. The predicted octanol–water partition coefficient (Wildman–Crippen LogP) is 2.23. The summed E-state index contributed by atoms with van der Waals surface area (Å²) in [6.07, 6.45) is 4.78. The molecule has 1 aromatic rings. The Labute approximate surface area is 123 Å². The van der Waals surface area contributed by atoms with Crippen molar-refractivity contribution in [2.45, 2.75) is 37.0 Å². The van der Waals surface area contributed by atoms with Crippen molar-refractivity contribution in [1.82, 2.24) is 10.3 Å². The molecule has 1 amide bonds. The van der Waals surface area contributed by atoms with Crippen molar-refractivity contribution in [3.05, 3.63) is 29.3 Å². The Morgan fingerprint density at radius 3 is 2.55 bits per heavy atom. The van der Waals surface area contributed by atoms with Gasteiger partial charge in [-0.15, -0.1) is 4.83 Å². The fourth-order valence-corrected chi connectivity index (χ4v) is 3.43. The van der Waals surface area contributed by atoms with E-state index in [-0.39, 0.29) is 16.7 Å². The number of nitrogens with one attached hydrogen (secondary N) is 2. The minimum atomic E-state index is -3.78. The summed E-state index contributed by atoms with van der Waals surface area (Å²) in [6.45, 7) is 0. The Kier molecular flexibility index (Phi) is 5.01. The topological polar surface area (TPSA) is 75.3 Å². The maximum atomic E-state index is 12.0. The van der Waals surface area contributed by atoms with Gasteiger partial charge in [0, 0.05) is 10.9 Å². The van der Waals surface area contributed by atoms with Crippen molar-refractivity contribution in [3.8, 4) is 0 Å². The molecule has 1 aliphatic carbocycles. The van der Waals surface area contributed by atoms with Gasteiger partial charge < -0.3 is 0 Å². The molecule has 5 nitrogen and oxygen atoms in total. The third-order valence-corrected chi connectivity index (χ3v) is 4.87. The van der Waals surface area contributed by atoms with Crippen LogP contribution in [0.1, 0.15) is 32.1 Å². The lowest BCUT2D eigenvalue weighted by Gasteiger charge is -2.20. The summed E-state index contributed by atoms with van der Waals surface area (Å²) in [6, 6.07) is 5.87. The Morgan fingerprint density at radius 1 is 1.20 bits per heavy atom. The molecule has 0 bridgehead atoms. The molecule has 0 saturated heterocycles. The third-order valence-electron chi connectivity index (χ3n) is 3.39. The first-order valence-corrected chi connectivity index (χ1v) is 8.42. The summed E-state index contributed by atoms with van der Waals surface area (Å²) < 4.78 is 24.0. The van der Waals surface area contributed by atoms with E-state index in [2.05, 4.69) is 10.3 Å². The van der Waals surface area contributed by atoms with E-state index in [1.165, 1.54) is 12.1 Å². The molecule has 7 heteroatoms. The summed E-state index contributed by atoms with van der Waals surface area (Å²) in [5.41, 5.74) is 2.29. The second kappa shape index (κ2) is 6.56. The lowest BCUT2D eigenvalue weighted by molar-refractivity contribution is -0.126. The van der Waals surface area contributed by atoms with Gasteiger partial charge in [0.2, 0.25) is 5.91 Å². The van der Waals surface area contributed by atoms with Gasteiger partial charge in [0.1, 0.15) is 0 Å². The van der Waals surface area contributed by atoms with Gasteiger partial charge in [-0.1, -0.05) is 36.9 Å². The molecule has 0 aromatic heterocycles. The van der Waals surface area contributed by atoms with E-state index >= 15 is 0 Å². The summed E-state index contributed by atoms with van der Waals surface area (Å²) in [4.78, 5) is 14.0. The van der Waals surface area contributed by atoms with Gasteiger partial charge in [0.15, 0.2) is 0 Å². The molecule has 0 unspecified atom stereocenters. The van der Waals surface area contributed by atoms with Crippen LogP contribution in [0, 0.1) is 5.92 Å². The molecule has 110 valence electrons. The predicted molar refractivity (Wildman–Crippen MR) is 76.5 cm³/mol. The maximum absolute atomic E-state index is 12.0. The van der Waals surface area contributed by atoms with Gasteiger partial charge in [-0.05, 0) is 31.0 Å². The quantitative estimate of drug-likeness (QED) is 0.836. The number of benzene rings is 1. The number of hydrazine groups is 1. The number of carbonyl (C=O) groups is 1. The Bertz CT molecular complexity index is 583. The second-order valence-corrected chi connectivity index (χ2v) is 7.01. The molecule has 1 aliphatic rings. The average molecular weight is 317 g/mol. The monoisotopic (exact) mass is 316 g/mol. The molecule has 2 rings (SSSR count). The first kappa shape index (κ1) is 15.3. The normalized spacial score (nSPS) is 16.9. The number of carbonyl (C=O) groups excluding carboxylic acids is 1. The van der Waals surface area contributed by atoms with Gasteiger partial charge >= 0.3 is 0 Å². The zero-order valence-electron chi connectivity index (χ0n) is 10.9. The van der Waals surface area contributed by atoms with Crippen LogP contribution in [0.5, 0.6) is 0 Å². The summed E-state index contributed by atoms with van der Waals surface area (Å²) in [5.74, 6) is -0.374. The average Bonchev–Trinajstić information content (AvgIpc) is 2.46. The minimum Gasteiger partial charge on any atom is -0.277 e. The van der Waals surface area contributed by atoms with E-state index in [1.54, 1.807) is 12.1 Å². The molecule has 0 radical (unpaired) electrons. The SMILES string of the molecule is O=C(NNS(=O)(=O)c1cccc(Cl)c1)C1CCCCC1. The number of sulfonamides is 1. The molecular formula is C13H17ClN2O3S. The number of rotatable bonds is 4. The van der Waals surface area contributed by atoms with Crippen LogP contribution in [-0.2, 0) is 14.8 Å². The van der Waals surface area contributed by atoms with Gasteiger partial charge in [-0.3, -0.25) is 10.2 Å². The van der Waals surface area contributed by atoms with E-state index in [4.69, 9.17) is 11.6 Å². The highest BCUT2D eigenvalue weighted by Crippen LogP contribution is 2.23. The van der Waals surface area contributed by atoms with Crippen LogP contribution in [0.4, 0.5) is 0 Å². The molecule has 1 aromatic carbocycles. The highest BCUT2D eigenvalue weighted by Gasteiger charge is 2.23. The van der Waals surface area contributed by atoms with Crippen molar-refractivity contribution in [3.63, 3.8) is 0 Å². The number of hydrogen-bond acceptors (Lipinski definition) is 3. The van der Waals surface area contributed by atoms with E-state index in [9.17, 15) is 13.2 Å². The second-order valence-electron chi connectivity index (χ2n) is 4.89. The van der Waals surface area contributed by atoms with Gasteiger partial charge in [-0.2, -0.15) is 0 Å². The highest BCUT2D eigenvalue weighted by molar-refractivity contribution is 7.89. The molecule has 2 N–H and O–H groups in total. The zero-order chi connectivity index (χ0) is 14.6. The Balaban J connectivity index is 1.97. The molecule has 0 atom stereocenters. The summed E-state index contributed by atoms with van der Waals surface area (Å²) in [7, 11) is -3.78. The number of halogens is 1. The summed E-state index contributed by atoms with van der Waals surface area (Å²) in [5, 5.41) is 0.325. The van der Waals surface area contributed by atoms with Gasteiger partial charge in [0.05, 0.1) is 4.90 Å². The fourth-order valence-electron chi connectivity index (χ4n) is 2.28. The van der Waals surface area contributed by atoms with E-state index < -0.39 is 10.0 Å². The van der Waals surface area contributed by atoms with Crippen LogP contribution in [0.15, 0.2) is 29.2 Å². The van der Waals surface area contributed by atoms with Crippen molar-refractivity contribution < 1.29 is 13.2 Å². The molecule has 0 spiro atoms. The van der Waals surface area contributed by atoms with Gasteiger partial charge in [-0.25, -0.2) is 8.42 Å². The standard InChI is InChI=1S/C13H17ClN2O3S/c14-11-7-4-8-12(9-11)20(18,19)16-15-13(17)10-5-2-1-3-6-10/h4,7-10,16H,1-3,5-6H2,(H,15,17). The van der Waals surface area contributed by atoms with E-state index in [1.807, 2.05) is 0 Å². The smallest absolute Gasteiger partial charge is 0.257 e. The third kappa shape index (κ3) is 3.94. The highest BCUT2D eigenvalue weighted by atomic mass is 35.5. The first-order chi connectivity index (χ1) is 9.49. The largest absolute Gasteiger partial charge is 0.277 e. The Morgan fingerprint density at radius 2 is 1.90 bits per heavy atom. The first-order valence-electron chi connectivity index (χ1n) is 6.56. The van der Waals surface area contributed by atoms with Crippen LogP contribution in [0.3, 0.4) is 0 Å². The molecule has 1 fully saturated rings. The van der Waals surface area contributed by atoms with Crippen molar-refractivity contribution in [1.29, 1.82) is 0 Å². The van der Waals surface area contributed by atoms with Crippen LogP contribution >= 0.6 is 11.6 Å². The fraction of sp³-hybridized carbons (Fsp3) is 0.462. The van der Waals surface area contributed by atoms with Gasteiger partial charge in [0.25, 0.3) is 10.0 Å². The van der Waals surface area contributed by atoms with E-state index in [0.717, 1.165) is 32.1 Å². The number of hydrogen-bond donors (Lipinski definition) is 2. The van der Waals surface area contributed by atoms with Crippen LogP contribution in [-0.4, -0.2) is 14.3 Å². The molecule has 0 aliphatic heterocycles. The molecule has 1 saturated carbocycles. The lowest BCUT2D eigenvalue weighted by Crippen LogP contribution is -2.44. The van der Waals surface area contributed by atoms with Crippen LogP contribution in [0.2, 0.25) is 5.02 Å². The minimum absolute atomic E-state index is 0.0222. The molecule has 0 heterocycles. The van der Waals surface area contributed by atoms with Crippen molar-refractivity contribution >= 4 is 27.5 Å². The molecular weight excluding hydrogens is 300 g/mol. The van der Waals surface area contributed by atoms with Crippen molar-refractivity contribution in [2.24, 2.45) is 5.92 Å². The number of amides is 1. The zero-order valence-corrected chi connectivity index (χ0v) is 12.5.